The number of ether oxygens (including phenoxy) is 3. The molecular formula is C51H75N3O3. The number of rotatable bonds is 33. The first-order chi connectivity index (χ1) is 28.2. The quantitative estimate of drug-likeness (QED) is 0.0449. The SMILES string of the molecule is CCCCCCCCCCOc1cc(-c2cc(-c3ccccn3)nc(-c3ccccn3)c2)cc(OCCCCCCCCCC)c1OCCCCCCCCCC. The molecule has 0 fully saturated rings. The molecule has 312 valence electrons. The van der Waals surface area contributed by atoms with Crippen LogP contribution in [0.5, 0.6) is 17.2 Å². The molecule has 0 atom stereocenters. The van der Waals surface area contributed by atoms with Crippen molar-refractivity contribution in [3.8, 4) is 51.2 Å². The Labute approximate surface area is 347 Å². The summed E-state index contributed by atoms with van der Waals surface area (Å²) in [6.07, 6.45) is 33.8. The Kier molecular flexibility index (Phi) is 23.5. The lowest BCUT2D eigenvalue weighted by molar-refractivity contribution is 0.234. The summed E-state index contributed by atoms with van der Waals surface area (Å²) >= 11 is 0. The Morgan fingerprint density at radius 2 is 0.719 bits per heavy atom. The van der Waals surface area contributed by atoms with Gasteiger partial charge in [0.15, 0.2) is 11.5 Å². The second-order valence-corrected chi connectivity index (χ2v) is 15.8. The number of aromatic nitrogens is 3. The molecule has 4 aromatic rings. The summed E-state index contributed by atoms with van der Waals surface area (Å²) < 4.78 is 20.1. The second kappa shape index (κ2) is 29.3. The summed E-state index contributed by atoms with van der Waals surface area (Å²) in [7, 11) is 0. The summed E-state index contributed by atoms with van der Waals surface area (Å²) in [5.74, 6) is 2.26. The third-order valence-electron chi connectivity index (χ3n) is 10.8. The summed E-state index contributed by atoms with van der Waals surface area (Å²) in [5.41, 5.74) is 5.24. The molecule has 0 aliphatic heterocycles. The van der Waals surface area contributed by atoms with Crippen molar-refractivity contribution in [2.75, 3.05) is 19.8 Å². The number of hydrogen-bond acceptors (Lipinski definition) is 6. The van der Waals surface area contributed by atoms with Crippen molar-refractivity contribution in [2.24, 2.45) is 0 Å². The van der Waals surface area contributed by atoms with Gasteiger partial charge in [-0.3, -0.25) is 9.97 Å². The van der Waals surface area contributed by atoms with Crippen LogP contribution >= 0.6 is 0 Å². The summed E-state index contributed by atoms with van der Waals surface area (Å²) in [4.78, 5) is 14.4. The van der Waals surface area contributed by atoms with E-state index in [1.807, 2.05) is 48.8 Å². The van der Waals surface area contributed by atoms with Crippen molar-refractivity contribution < 1.29 is 14.2 Å². The Balaban J connectivity index is 1.60. The standard InChI is InChI=1S/C51H75N3O3/c1-4-7-10-13-16-19-22-29-36-55-49-41-44(43-39-47(45-32-25-27-34-52-45)54-48(40-43)46-33-26-28-35-53-46)42-50(56-37-30-23-20-17-14-11-8-5-2)51(49)57-38-31-24-21-18-15-12-9-6-3/h25-28,32-35,39-42H,4-24,29-31,36-38H2,1-3H3. The molecule has 4 rings (SSSR count). The van der Waals surface area contributed by atoms with E-state index in [2.05, 4.69) is 55.0 Å². The lowest BCUT2D eigenvalue weighted by Gasteiger charge is -2.19. The van der Waals surface area contributed by atoms with Gasteiger partial charge in [0, 0.05) is 12.4 Å². The van der Waals surface area contributed by atoms with Crippen molar-refractivity contribution in [3.05, 3.63) is 73.1 Å². The number of nitrogens with zero attached hydrogens (tertiary/aromatic N) is 3. The zero-order chi connectivity index (χ0) is 40.0. The average molecular weight is 778 g/mol. The molecule has 0 unspecified atom stereocenters. The Morgan fingerprint density at radius 1 is 0.368 bits per heavy atom. The van der Waals surface area contributed by atoms with Gasteiger partial charge >= 0.3 is 0 Å². The number of hydrogen-bond donors (Lipinski definition) is 0. The number of benzene rings is 1. The highest BCUT2D eigenvalue weighted by Crippen LogP contribution is 2.43. The molecule has 0 spiro atoms. The second-order valence-electron chi connectivity index (χ2n) is 15.8. The fourth-order valence-electron chi connectivity index (χ4n) is 7.33. The monoisotopic (exact) mass is 778 g/mol. The molecule has 0 N–H and O–H groups in total. The maximum atomic E-state index is 6.69. The molecule has 0 saturated heterocycles. The van der Waals surface area contributed by atoms with E-state index in [1.54, 1.807) is 0 Å². The van der Waals surface area contributed by atoms with Gasteiger partial charge in [-0.15, -0.1) is 0 Å². The van der Waals surface area contributed by atoms with Gasteiger partial charge in [0.05, 0.1) is 42.6 Å². The summed E-state index contributed by atoms with van der Waals surface area (Å²) in [5, 5.41) is 0. The van der Waals surface area contributed by atoms with Gasteiger partial charge in [-0.2, -0.15) is 0 Å². The average Bonchev–Trinajstić information content (AvgIpc) is 3.25. The van der Waals surface area contributed by atoms with Crippen LogP contribution in [0.4, 0.5) is 0 Å². The van der Waals surface area contributed by atoms with Gasteiger partial charge in [-0.1, -0.05) is 168 Å². The first-order valence-electron chi connectivity index (χ1n) is 23.1. The maximum absolute atomic E-state index is 6.69. The van der Waals surface area contributed by atoms with E-state index in [0.717, 1.165) is 70.4 Å². The highest BCUT2D eigenvalue weighted by atomic mass is 16.5. The molecule has 0 amide bonds. The Bertz CT molecular complexity index is 1500. The molecule has 3 heterocycles. The Hall–Kier alpha value is -3.93. The molecule has 6 nitrogen and oxygen atoms in total. The lowest BCUT2D eigenvalue weighted by Crippen LogP contribution is -2.07. The van der Waals surface area contributed by atoms with E-state index in [-0.39, 0.29) is 0 Å². The normalized spacial score (nSPS) is 11.2. The minimum absolute atomic E-state index is 0.652. The van der Waals surface area contributed by atoms with Crippen LogP contribution in [0.3, 0.4) is 0 Å². The van der Waals surface area contributed by atoms with Crippen LogP contribution in [0.1, 0.15) is 175 Å². The van der Waals surface area contributed by atoms with Gasteiger partial charge in [0.2, 0.25) is 5.75 Å². The van der Waals surface area contributed by atoms with E-state index in [4.69, 9.17) is 19.2 Å². The predicted octanol–water partition coefficient (Wildman–Crippen LogP) is 15.4. The molecule has 57 heavy (non-hydrogen) atoms. The number of pyridine rings is 3. The fraction of sp³-hybridized carbons (Fsp3) is 0.588. The highest BCUT2D eigenvalue weighted by molar-refractivity contribution is 5.77. The zero-order valence-electron chi connectivity index (χ0n) is 36.1. The van der Waals surface area contributed by atoms with Crippen LogP contribution in [0.2, 0.25) is 0 Å². The third kappa shape index (κ3) is 18.0. The summed E-state index contributed by atoms with van der Waals surface area (Å²) in [6.45, 7) is 8.79. The van der Waals surface area contributed by atoms with Crippen molar-refractivity contribution in [3.63, 3.8) is 0 Å². The topological polar surface area (TPSA) is 66.4 Å². The fourth-order valence-corrected chi connectivity index (χ4v) is 7.33. The minimum Gasteiger partial charge on any atom is -0.490 e. The first-order valence-corrected chi connectivity index (χ1v) is 23.1. The molecule has 0 bridgehead atoms. The van der Waals surface area contributed by atoms with E-state index < -0.39 is 0 Å². The number of unbranched alkanes of at least 4 members (excludes halogenated alkanes) is 21. The van der Waals surface area contributed by atoms with Crippen molar-refractivity contribution in [1.82, 2.24) is 15.0 Å². The van der Waals surface area contributed by atoms with Crippen LogP contribution in [0, 0.1) is 0 Å². The Morgan fingerprint density at radius 3 is 1.09 bits per heavy atom. The third-order valence-corrected chi connectivity index (χ3v) is 10.8. The van der Waals surface area contributed by atoms with Gasteiger partial charge in [-0.25, -0.2) is 4.98 Å². The van der Waals surface area contributed by atoms with Gasteiger partial charge in [0.1, 0.15) is 0 Å². The smallest absolute Gasteiger partial charge is 0.203 e. The van der Waals surface area contributed by atoms with Crippen molar-refractivity contribution in [1.29, 1.82) is 0 Å². The molecule has 3 aromatic heterocycles. The summed E-state index contributed by atoms with van der Waals surface area (Å²) in [6, 6.07) is 20.4. The molecule has 0 saturated carbocycles. The van der Waals surface area contributed by atoms with Crippen LogP contribution in [0.15, 0.2) is 73.1 Å². The molecule has 0 aliphatic rings. The zero-order valence-corrected chi connectivity index (χ0v) is 36.1. The maximum Gasteiger partial charge on any atom is 0.203 e. The van der Waals surface area contributed by atoms with E-state index >= 15 is 0 Å². The van der Waals surface area contributed by atoms with Crippen LogP contribution < -0.4 is 14.2 Å². The molecular weight excluding hydrogens is 703 g/mol. The van der Waals surface area contributed by atoms with Gasteiger partial charge < -0.3 is 14.2 Å². The van der Waals surface area contributed by atoms with E-state index in [1.165, 1.54) is 135 Å². The molecule has 0 aliphatic carbocycles. The first kappa shape index (κ1) is 45.8. The minimum atomic E-state index is 0.652. The molecule has 6 heteroatoms. The molecule has 1 aromatic carbocycles. The van der Waals surface area contributed by atoms with Crippen LogP contribution in [-0.2, 0) is 0 Å². The highest BCUT2D eigenvalue weighted by Gasteiger charge is 2.19. The van der Waals surface area contributed by atoms with Crippen molar-refractivity contribution >= 4 is 0 Å². The van der Waals surface area contributed by atoms with E-state index in [0.29, 0.717) is 19.8 Å². The lowest BCUT2D eigenvalue weighted by atomic mass is 10.0. The molecule has 0 radical (unpaired) electrons. The van der Waals surface area contributed by atoms with Gasteiger partial charge in [0.25, 0.3) is 0 Å². The van der Waals surface area contributed by atoms with Crippen LogP contribution in [0.25, 0.3) is 33.9 Å². The predicted molar refractivity (Wildman–Crippen MR) is 240 cm³/mol. The largest absolute Gasteiger partial charge is 0.490 e. The van der Waals surface area contributed by atoms with Crippen LogP contribution in [-0.4, -0.2) is 34.8 Å². The van der Waals surface area contributed by atoms with E-state index in [9.17, 15) is 0 Å². The van der Waals surface area contributed by atoms with Gasteiger partial charge in [-0.05, 0) is 78.9 Å². The van der Waals surface area contributed by atoms with Crippen molar-refractivity contribution in [2.45, 2.75) is 175 Å².